The number of halogens is 1. The van der Waals surface area contributed by atoms with Gasteiger partial charge in [-0.3, -0.25) is 0 Å². The first-order valence-corrected chi connectivity index (χ1v) is 8.15. The summed E-state index contributed by atoms with van der Waals surface area (Å²) in [5.41, 5.74) is 1.87. The number of anilines is 2. The predicted molar refractivity (Wildman–Crippen MR) is 88.4 cm³/mol. The Morgan fingerprint density at radius 1 is 1.33 bits per heavy atom. The molecule has 3 aromatic rings. The number of hydrogen-bond donors (Lipinski definition) is 1. The number of benzene rings is 1. The van der Waals surface area contributed by atoms with Gasteiger partial charge in [0.25, 0.3) is 0 Å². The van der Waals surface area contributed by atoms with E-state index in [2.05, 4.69) is 20.4 Å². The maximum absolute atomic E-state index is 13.9. The average Bonchev–Trinajstić information content (AvgIpc) is 2.98. The molecule has 8 heteroatoms. The maximum atomic E-state index is 13.9. The molecule has 2 aromatic heterocycles. The normalized spacial score (nSPS) is 10.4. The van der Waals surface area contributed by atoms with E-state index in [-0.39, 0.29) is 11.6 Å². The van der Waals surface area contributed by atoms with Crippen LogP contribution >= 0.6 is 11.8 Å². The van der Waals surface area contributed by atoms with Crippen molar-refractivity contribution in [3.05, 3.63) is 47.6 Å². The Bertz CT molecular complexity index is 934. The molecular weight excluding hydrogens is 329 g/mol. The lowest BCUT2D eigenvalue weighted by molar-refractivity contribution is 0.384. The Hall–Kier alpha value is -2.92. The highest BCUT2D eigenvalue weighted by atomic mass is 32.2. The largest absolute Gasteiger partial charge is 0.360 e. The predicted octanol–water partition coefficient (Wildman–Crippen LogP) is 3.92. The molecular formula is C16H12FN5OS. The lowest BCUT2D eigenvalue weighted by Crippen LogP contribution is -2.00. The third-order valence-corrected chi connectivity index (χ3v) is 3.94. The monoisotopic (exact) mass is 341 g/mol. The highest BCUT2D eigenvalue weighted by molar-refractivity contribution is 7.98. The fourth-order valence-corrected chi connectivity index (χ4v) is 2.71. The fraction of sp³-hybridized carbons (Fsp3) is 0.125. The van der Waals surface area contributed by atoms with Gasteiger partial charge in [-0.2, -0.15) is 5.26 Å². The van der Waals surface area contributed by atoms with Crippen molar-refractivity contribution in [3.8, 4) is 17.3 Å². The van der Waals surface area contributed by atoms with Gasteiger partial charge in [0, 0.05) is 6.20 Å². The summed E-state index contributed by atoms with van der Waals surface area (Å²) in [6.07, 6.45) is 3.46. The zero-order valence-corrected chi connectivity index (χ0v) is 13.7. The van der Waals surface area contributed by atoms with Crippen LogP contribution in [-0.4, -0.2) is 21.4 Å². The van der Waals surface area contributed by atoms with Gasteiger partial charge in [0.05, 0.1) is 28.6 Å². The van der Waals surface area contributed by atoms with E-state index in [0.717, 1.165) is 10.6 Å². The number of nitriles is 1. The van der Waals surface area contributed by atoms with Gasteiger partial charge in [0.15, 0.2) is 0 Å². The zero-order chi connectivity index (χ0) is 17.1. The molecule has 6 nitrogen and oxygen atoms in total. The van der Waals surface area contributed by atoms with E-state index in [1.54, 1.807) is 19.2 Å². The van der Waals surface area contributed by atoms with Crippen LogP contribution in [0.1, 0.15) is 11.3 Å². The van der Waals surface area contributed by atoms with Crippen LogP contribution < -0.4 is 5.32 Å². The third kappa shape index (κ3) is 3.07. The van der Waals surface area contributed by atoms with Gasteiger partial charge in [0.2, 0.25) is 5.95 Å². The summed E-state index contributed by atoms with van der Waals surface area (Å²) in [6, 6.07) is 7.73. The summed E-state index contributed by atoms with van der Waals surface area (Å²) in [5.74, 6) is 0.366. The Kier molecular flexibility index (Phi) is 4.44. The highest BCUT2D eigenvalue weighted by Crippen LogP contribution is 2.31. The molecule has 0 spiro atoms. The number of rotatable bonds is 4. The van der Waals surface area contributed by atoms with E-state index in [1.807, 2.05) is 12.3 Å². The van der Waals surface area contributed by atoms with Crippen molar-refractivity contribution in [2.45, 2.75) is 11.9 Å². The Morgan fingerprint density at radius 2 is 2.17 bits per heavy atom. The van der Waals surface area contributed by atoms with Crippen LogP contribution in [-0.2, 0) is 0 Å². The van der Waals surface area contributed by atoms with Crippen LogP contribution in [0.5, 0.6) is 0 Å². The molecule has 0 fully saturated rings. The van der Waals surface area contributed by atoms with Crippen LogP contribution in [0.2, 0.25) is 0 Å². The molecule has 24 heavy (non-hydrogen) atoms. The van der Waals surface area contributed by atoms with E-state index in [9.17, 15) is 4.39 Å². The number of nitrogens with one attached hydrogen (secondary N) is 1. The molecule has 120 valence electrons. The number of aryl methyl sites for hydroxylation is 1. The molecule has 1 N–H and O–H groups in total. The first kappa shape index (κ1) is 16.0. The molecule has 0 bridgehead atoms. The van der Waals surface area contributed by atoms with Crippen molar-refractivity contribution >= 4 is 23.4 Å². The molecule has 3 rings (SSSR count). The van der Waals surface area contributed by atoms with Gasteiger partial charge in [-0.1, -0.05) is 5.16 Å². The van der Waals surface area contributed by atoms with Crippen molar-refractivity contribution < 1.29 is 8.91 Å². The molecule has 0 saturated heterocycles. The van der Waals surface area contributed by atoms with E-state index < -0.39 is 5.82 Å². The Balaban J connectivity index is 1.97. The van der Waals surface area contributed by atoms with E-state index >= 15 is 0 Å². The quantitative estimate of drug-likeness (QED) is 0.720. The number of thioether (sulfide) groups is 1. The van der Waals surface area contributed by atoms with Gasteiger partial charge < -0.3 is 9.84 Å². The molecule has 0 radical (unpaired) electrons. The summed E-state index contributed by atoms with van der Waals surface area (Å²) >= 11 is 1.45. The number of hydrogen-bond acceptors (Lipinski definition) is 7. The van der Waals surface area contributed by atoms with Gasteiger partial charge in [-0.15, -0.1) is 11.8 Å². The standard InChI is InChI=1S/C16H12FN5OS/c1-9-14(15(24-2)22-23-9)12-5-6-19-16(20-12)21-13-7-10(8-18)3-4-11(13)17/h3-7H,1-2H3,(H,19,20,21). The molecule has 0 saturated carbocycles. The van der Waals surface area contributed by atoms with Crippen LogP contribution in [0.4, 0.5) is 16.0 Å². The molecule has 1 aromatic carbocycles. The Morgan fingerprint density at radius 3 is 2.92 bits per heavy atom. The minimum absolute atomic E-state index is 0.137. The summed E-state index contributed by atoms with van der Waals surface area (Å²) in [4.78, 5) is 8.49. The smallest absolute Gasteiger partial charge is 0.227 e. The first-order valence-electron chi connectivity index (χ1n) is 6.92. The van der Waals surface area contributed by atoms with Crippen molar-refractivity contribution in [2.75, 3.05) is 11.6 Å². The summed E-state index contributed by atoms with van der Waals surface area (Å²) in [6.45, 7) is 1.80. The van der Waals surface area contributed by atoms with Crippen LogP contribution in [0.3, 0.4) is 0 Å². The SMILES string of the molecule is CSc1noc(C)c1-c1ccnc(Nc2cc(C#N)ccc2F)n1. The lowest BCUT2D eigenvalue weighted by Gasteiger charge is -2.08. The average molecular weight is 341 g/mol. The van der Waals surface area contributed by atoms with Crippen molar-refractivity contribution in [1.29, 1.82) is 5.26 Å². The van der Waals surface area contributed by atoms with Gasteiger partial charge in [-0.25, -0.2) is 14.4 Å². The second kappa shape index (κ2) is 6.68. The second-order valence-corrected chi connectivity index (χ2v) is 5.61. The van der Waals surface area contributed by atoms with Crippen molar-refractivity contribution in [2.24, 2.45) is 0 Å². The number of nitrogens with zero attached hydrogens (tertiary/aromatic N) is 4. The molecule has 0 atom stereocenters. The third-order valence-electron chi connectivity index (χ3n) is 3.28. The van der Waals surface area contributed by atoms with Gasteiger partial charge in [0.1, 0.15) is 16.6 Å². The summed E-state index contributed by atoms with van der Waals surface area (Å²) in [7, 11) is 0. The highest BCUT2D eigenvalue weighted by Gasteiger charge is 2.16. The Labute approximate surface area is 141 Å². The van der Waals surface area contributed by atoms with Crippen LogP contribution in [0.15, 0.2) is 40.0 Å². The molecule has 2 heterocycles. The van der Waals surface area contributed by atoms with E-state index in [4.69, 9.17) is 9.78 Å². The molecule has 0 unspecified atom stereocenters. The van der Waals surface area contributed by atoms with Crippen LogP contribution in [0, 0.1) is 24.1 Å². The molecule has 0 amide bonds. The van der Waals surface area contributed by atoms with Gasteiger partial charge in [-0.05, 0) is 37.4 Å². The van der Waals surface area contributed by atoms with E-state index in [0.29, 0.717) is 17.0 Å². The molecule has 0 aliphatic carbocycles. The van der Waals surface area contributed by atoms with Crippen molar-refractivity contribution in [1.82, 2.24) is 15.1 Å². The molecule has 0 aliphatic rings. The van der Waals surface area contributed by atoms with Crippen molar-refractivity contribution in [3.63, 3.8) is 0 Å². The fourth-order valence-electron chi connectivity index (χ4n) is 2.15. The van der Waals surface area contributed by atoms with E-state index in [1.165, 1.54) is 30.0 Å². The summed E-state index contributed by atoms with van der Waals surface area (Å²) in [5, 5.41) is 16.4. The summed E-state index contributed by atoms with van der Waals surface area (Å²) < 4.78 is 19.1. The minimum atomic E-state index is -0.492. The maximum Gasteiger partial charge on any atom is 0.227 e. The zero-order valence-electron chi connectivity index (χ0n) is 12.9. The van der Waals surface area contributed by atoms with Gasteiger partial charge >= 0.3 is 0 Å². The first-order chi connectivity index (χ1) is 11.6. The topological polar surface area (TPSA) is 87.6 Å². The van der Waals surface area contributed by atoms with Crippen LogP contribution in [0.25, 0.3) is 11.3 Å². The molecule has 0 aliphatic heterocycles. The lowest BCUT2D eigenvalue weighted by atomic mass is 10.2. The number of aromatic nitrogens is 3. The minimum Gasteiger partial charge on any atom is -0.360 e. The second-order valence-electron chi connectivity index (χ2n) is 4.82.